The molecule has 0 radical (unpaired) electrons. The molecule has 1 amide bonds. The van der Waals surface area contributed by atoms with Crippen molar-refractivity contribution >= 4 is 21.6 Å². The van der Waals surface area contributed by atoms with Gasteiger partial charge in [-0.1, -0.05) is 12.1 Å². The Labute approximate surface area is 122 Å². The number of aryl methyl sites for hydroxylation is 2. The molecule has 1 heterocycles. The average molecular weight is 308 g/mol. The molecule has 0 aliphatic heterocycles. The van der Waals surface area contributed by atoms with Gasteiger partial charge >= 0.3 is 0 Å². The minimum atomic E-state index is -3.85. The van der Waals surface area contributed by atoms with Gasteiger partial charge in [-0.25, -0.2) is 8.42 Å². The highest BCUT2D eigenvalue weighted by Gasteiger charge is 2.25. The number of hydrogen-bond donors (Lipinski definition) is 2. The molecule has 2 aromatic rings. The highest BCUT2D eigenvalue weighted by atomic mass is 32.2. The number of amides is 1. The zero-order valence-corrected chi connectivity index (χ0v) is 12.7. The van der Waals surface area contributed by atoms with E-state index in [9.17, 15) is 13.2 Å². The Morgan fingerprint density at radius 2 is 1.90 bits per heavy atom. The molecule has 0 bridgehead atoms. The number of anilines is 1. The Balaban J connectivity index is 2.50. The van der Waals surface area contributed by atoms with E-state index in [-0.39, 0.29) is 16.1 Å². The third kappa shape index (κ3) is 2.75. The first-order valence-electron chi connectivity index (χ1n) is 6.16. The first kappa shape index (κ1) is 15.0. The molecule has 1 aromatic carbocycles. The zero-order valence-electron chi connectivity index (χ0n) is 11.9. The minimum absolute atomic E-state index is 0.101. The van der Waals surface area contributed by atoms with Gasteiger partial charge in [0.25, 0.3) is 15.9 Å². The van der Waals surface area contributed by atoms with Gasteiger partial charge in [-0.3, -0.25) is 14.2 Å². The molecular weight excluding hydrogens is 292 g/mol. The van der Waals surface area contributed by atoms with Crippen LogP contribution in [0.5, 0.6) is 0 Å². The Bertz CT molecular complexity index is 809. The number of hydrogen-bond acceptors (Lipinski definition) is 4. The van der Waals surface area contributed by atoms with Gasteiger partial charge in [0.15, 0.2) is 0 Å². The molecule has 0 fully saturated rings. The quantitative estimate of drug-likeness (QED) is 0.876. The molecule has 0 aliphatic rings. The van der Waals surface area contributed by atoms with E-state index >= 15 is 0 Å². The number of sulfonamides is 1. The maximum absolute atomic E-state index is 12.5. The van der Waals surface area contributed by atoms with Gasteiger partial charge in [-0.05, 0) is 26.0 Å². The number of rotatable bonds is 4. The van der Waals surface area contributed by atoms with Crippen LogP contribution in [0.4, 0.5) is 5.69 Å². The maximum Gasteiger partial charge on any atom is 0.265 e. The van der Waals surface area contributed by atoms with Crippen LogP contribution in [0.2, 0.25) is 0 Å². The van der Waals surface area contributed by atoms with E-state index in [1.165, 1.54) is 16.8 Å². The van der Waals surface area contributed by atoms with Crippen molar-refractivity contribution in [2.45, 2.75) is 18.7 Å². The van der Waals surface area contributed by atoms with Gasteiger partial charge in [-0.2, -0.15) is 5.10 Å². The summed E-state index contributed by atoms with van der Waals surface area (Å²) < 4.78 is 28.9. The predicted octanol–water partition coefficient (Wildman–Crippen LogP) is 0.937. The summed E-state index contributed by atoms with van der Waals surface area (Å²) in [7, 11) is -2.19. The van der Waals surface area contributed by atoms with Gasteiger partial charge in [0, 0.05) is 7.05 Å². The number of carbonyl (C=O) groups is 1. The summed E-state index contributed by atoms with van der Waals surface area (Å²) in [5.74, 6) is -0.701. The molecular formula is C13H16N4O3S. The van der Waals surface area contributed by atoms with E-state index in [1.807, 2.05) is 0 Å². The Kier molecular flexibility index (Phi) is 3.73. The van der Waals surface area contributed by atoms with Crippen LogP contribution in [0.3, 0.4) is 0 Å². The summed E-state index contributed by atoms with van der Waals surface area (Å²) in [6.07, 6.45) is 0. The molecule has 0 spiro atoms. The molecule has 21 heavy (non-hydrogen) atoms. The van der Waals surface area contributed by atoms with E-state index in [4.69, 9.17) is 5.73 Å². The fourth-order valence-corrected chi connectivity index (χ4v) is 3.65. The summed E-state index contributed by atoms with van der Waals surface area (Å²) in [6.45, 7) is 3.27. The molecule has 1 aromatic heterocycles. The lowest BCUT2D eigenvalue weighted by Gasteiger charge is -2.11. The molecule has 8 heteroatoms. The lowest BCUT2D eigenvalue weighted by Crippen LogP contribution is -2.19. The summed E-state index contributed by atoms with van der Waals surface area (Å²) in [6, 6.07) is 6.17. The molecule has 7 nitrogen and oxygen atoms in total. The van der Waals surface area contributed by atoms with Crippen LogP contribution in [-0.2, 0) is 17.1 Å². The highest BCUT2D eigenvalue weighted by molar-refractivity contribution is 7.92. The van der Waals surface area contributed by atoms with Gasteiger partial charge in [-0.15, -0.1) is 0 Å². The van der Waals surface area contributed by atoms with Crippen LogP contribution < -0.4 is 10.5 Å². The maximum atomic E-state index is 12.5. The summed E-state index contributed by atoms with van der Waals surface area (Å²) in [4.78, 5) is 11.5. The Hall–Kier alpha value is -2.35. The first-order chi connectivity index (χ1) is 9.74. The predicted molar refractivity (Wildman–Crippen MR) is 78.5 cm³/mol. The second kappa shape index (κ2) is 5.21. The number of benzene rings is 1. The van der Waals surface area contributed by atoms with Crippen LogP contribution in [0, 0.1) is 13.8 Å². The lowest BCUT2D eigenvalue weighted by atomic mass is 10.2. The smallest absolute Gasteiger partial charge is 0.265 e. The summed E-state index contributed by atoms with van der Waals surface area (Å²) in [5.41, 5.74) is 6.40. The fraction of sp³-hybridized carbons (Fsp3) is 0.231. The van der Waals surface area contributed by atoms with Crippen LogP contribution in [0.15, 0.2) is 29.2 Å². The molecule has 3 N–H and O–H groups in total. The number of nitrogens with zero attached hydrogens (tertiary/aromatic N) is 2. The molecule has 0 atom stereocenters. The van der Waals surface area contributed by atoms with Crippen molar-refractivity contribution in [3.05, 3.63) is 41.2 Å². The molecule has 0 saturated carbocycles. The van der Waals surface area contributed by atoms with Crippen molar-refractivity contribution in [2.75, 3.05) is 4.72 Å². The largest absolute Gasteiger partial charge is 0.366 e. The molecule has 2 rings (SSSR count). The van der Waals surface area contributed by atoms with Crippen LogP contribution in [-0.4, -0.2) is 24.1 Å². The van der Waals surface area contributed by atoms with Crippen molar-refractivity contribution in [3.8, 4) is 0 Å². The topological polar surface area (TPSA) is 107 Å². The molecule has 0 aliphatic carbocycles. The molecule has 112 valence electrons. The first-order valence-corrected chi connectivity index (χ1v) is 7.64. The number of para-hydroxylation sites is 1. The van der Waals surface area contributed by atoms with Gasteiger partial charge in [0.1, 0.15) is 4.90 Å². The standard InChI is InChI=1S/C13H16N4O3S/c1-8-12(9(2)17(3)15-8)21(19,20)16-11-7-5-4-6-10(11)13(14)18/h4-7,16H,1-3H3,(H2,14,18). The second-order valence-corrected chi connectivity index (χ2v) is 6.26. The third-order valence-electron chi connectivity index (χ3n) is 3.15. The monoisotopic (exact) mass is 308 g/mol. The minimum Gasteiger partial charge on any atom is -0.366 e. The average Bonchev–Trinajstić information content (AvgIpc) is 2.63. The Morgan fingerprint density at radius 1 is 1.29 bits per heavy atom. The summed E-state index contributed by atoms with van der Waals surface area (Å²) >= 11 is 0. The van der Waals surface area contributed by atoms with Crippen molar-refractivity contribution in [2.24, 2.45) is 12.8 Å². The van der Waals surface area contributed by atoms with E-state index in [2.05, 4.69) is 9.82 Å². The van der Waals surface area contributed by atoms with Gasteiger partial charge < -0.3 is 5.73 Å². The van der Waals surface area contributed by atoms with Crippen molar-refractivity contribution in [3.63, 3.8) is 0 Å². The van der Waals surface area contributed by atoms with Gasteiger partial charge in [0.05, 0.1) is 22.6 Å². The van der Waals surface area contributed by atoms with Gasteiger partial charge in [0.2, 0.25) is 0 Å². The second-order valence-electron chi connectivity index (χ2n) is 4.64. The zero-order chi connectivity index (χ0) is 15.8. The number of primary amides is 1. The fourth-order valence-electron chi connectivity index (χ4n) is 2.13. The molecule has 0 saturated heterocycles. The number of nitrogens with two attached hydrogens (primary N) is 1. The number of aromatic nitrogens is 2. The highest BCUT2D eigenvalue weighted by Crippen LogP contribution is 2.23. The van der Waals surface area contributed by atoms with Crippen LogP contribution >= 0.6 is 0 Å². The van der Waals surface area contributed by atoms with Crippen LogP contribution in [0.1, 0.15) is 21.7 Å². The van der Waals surface area contributed by atoms with Crippen molar-refractivity contribution in [1.82, 2.24) is 9.78 Å². The molecule has 0 unspecified atom stereocenters. The van der Waals surface area contributed by atoms with E-state index in [0.29, 0.717) is 11.4 Å². The summed E-state index contributed by atoms with van der Waals surface area (Å²) in [5, 5.41) is 4.08. The SMILES string of the molecule is Cc1nn(C)c(C)c1S(=O)(=O)Nc1ccccc1C(N)=O. The van der Waals surface area contributed by atoms with Crippen molar-refractivity contribution in [1.29, 1.82) is 0 Å². The Morgan fingerprint density at radius 3 is 2.43 bits per heavy atom. The number of carbonyl (C=O) groups excluding carboxylic acids is 1. The third-order valence-corrected chi connectivity index (χ3v) is 4.77. The van der Waals surface area contributed by atoms with Crippen LogP contribution in [0.25, 0.3) is 0 Å². The lowest BCUT2D eigenvalue weighted by molar-refractivity contribution is 0.100. The normalized spacial score (nSPS) is 11.4. The number of nitrogens with one attached hydrogen (secondary N) is 1. The van der Waals surface area contributed by atoms with E-state index in [0.717, 1.165) is 0 Å². The van der Waals surface area contributed by atoms with Crippen molar-refractivity contribution < 1.29 is 13.2 Å². The van der Waals surface area contributed by atoms with E-state index in [1.54, 1.807) is 33.0 Å². The van der Waals surface area contributed by atoms with E-state index < -0.39 is 15.9 Å².